The summed E-state index contributed by atoms with van der Waals surface area (Å²) in [7, 11) is 0. The summed E-state index contributed by atoms with van der Waals surface area (Å²) in [5.41, 5.74) is 0.344. The molecule has 0 spiro atoms. The van der Waals surface area contributed by atoms with Gasteiger partial charge >= 0.3 is 5.97 Å². The quantitative estimate of drug-likeness (QED) is 0.662. The van der Waals surface area contributed by atoms with Gasteiger partial charge in [0.1, 0.15) is 11.9 Å². The number of carbonyl (C=O) groups excluding carboxylic acids is 1. The molecule has 0 bridgehead atoms. The van der Waals surface area contributed by atoms with Crippen LogP contribution in [0.1, 0.15) is 30.6 Å². The molecule has 1 aromatic carbocycles. The summed E-state index contributed by atoms with van der Waals surface area (Å²) in [6.07, 6.45) is -3.30. The predicted octanol–water partition coefficient (Wildman–Crippen LogP) is 0.665. The molecule has 6 heteroatoms. The fourth-order valence-electron chi connectivity index (χ4n) is 1.69. The van der Waals surface area contributed by atoms with Crippen LogP contribution in [0.4, 0.5) is 4.39 Å². The van der Waals surface area contributed by atoms with Gasteiger partial charge in [-0.25, -0.2) is 4.39 Å². The highest BCUT2D eigenvalue weighted by molar-refractivity contribution is 5.70. The number of halogens is 1. The molecular weight excluding hydrogens is 255 g/mol. The fraction of sp³-hybridized carbons (Fsp3) is 0.462. The summed E-state index contributed by atoms with van der Waals surface area (Å²) in [6.45, 7) is 1.39. The van der Waals surface area contributed by atoms with E-state index in [1.807, 2.05) is 0 Å². The Labute approximate surface area is 110 Å². The number of hydrogen-bond acceptors (Lipinski definition) is 5. The number of aliphatic hydroxyl groups excluding tert-OH is 3. The second-order valence-corrected chi connectivity index (χ2v) is 4.02. The average molecular weight is 272 g/mol. The Morgan fingerprint density at radius 2 is 2.11 bits per heavy atom. The molecule has 1 aromatic rings. The van der Waals surface area contributed by atoms with Crippen molar-refractivity contribution in [3.63, 3.8) is 0 Å². The predicted molar refractivity (Wildman–Crippen MR) is 64.5 cm³/mol. The van der Waals surface area contributed by atoms with Crippen molar-refractivity contribution < 1.29 is 29.2 Å². The van der Waals surface area contributed by atoms with E-state index in [1.165, 1.54) is 6.07 Å². The van der Waals surface area contributed by atoms with E-state index >= 15 is 0 Å². The number of esters is 1. The van der Waals surface area contributed by atoms with E-state index in [2.05, 4.69) is 4.74 Å². The number of benzene rings is 1. The molecule has 0 heterocycles. The van der Waals surface area contributed by atoms with Crippen molar-refractivity contribution in [2.24, 2.45) is 0 Å². The number of aliphatic hydroxyl groups is 3. The van der Waals surface area contributed by atoms with E-state index in [4.69, 9.17) is 5.11 Å². The lowest BCUT2D eigenvalue weighted by Crippen LogP contribution is -2.24. The molecule has 5 nitrogen and oxygen atoms in total. The number of carbonyl (C=O) groups is 1. The molecule has 0 aliphatic heterocycles. The number of ether oxygens (including phenoxy) is 1. The first-order chi connectivity index (χ1) is 8.99. The van der Waals surface area contributed by atoms with Crippen LogP contribution in [0.15, 0.2) is 18.2 Å². The molecule has 3 N–H and O–H groups in total. The van der Waals surface area contributed by atoms with Crippen molar-refractivity contribution in [3.8, 4) is 0 Å². The van der Waals surface area contributed by atoms with E-state index in [9.17, 15) is 19.4 Å². The molecule has 0 aliphatic carbocycles. The minimum absolute atomic E-state index is 0.0549. The standard InChI is InChI=1S/C13H17FO5/c1-2-19-12(17)6-11(16)13(18)10-5-9(14)4-3-8(10)7-15/h3-5,11,13,15-16,18H,2,6-7H2,1H3. The highest BCUT2D eigenvalue weighted by Gasteiger charge is 2.24. The van der Waals surface area contributed by atoms with Crippen molar-refractivity contribution in [2.45, 2.75) is 32.2 Å². The summed E-state index contributed by atoms with van der Waals surface area (Å²) in [6, 6.07) is 3.47. The first-order valence-corrected chi connectivity index (χ1v) is 5.90. The largest absolute Gasteiger partial charge is 0.466 e. The van der Waals surface area contributed by atoms with Crippen LogP contribution in [0, 0.1) is 5.82 Å². The summed E-state index contributed by atoms with van der Waals surface area (Å²) in [5.74, 6) is -1.26. The van der Waals surface area contributed by atoms with E-state index in [1.54, 1.807) is 6.92 Å². The minimum atomic E-state index is -1.47. The Morgan fingerprint density at radius 3 is 2.68 bits per heavy atom. The van der Waals surface area contributed by atoms with Crippen molar-refractivity contribution in [2.75, 3.05) is 6.61 Å². The topological polar surface area (TPSA) is 87.0 Å². The van der Waals surface area contributed by atoms with Gasteiger partial charge in [-0.1, -0.05) is 6.07 Å². The Morgan fingerprint density at radius 1 is 1.42 bits per heavy atom. The van der Waals surface area contributed by atoms with E-state index in [0.29, 0.717) is 0 Å². The summed E-state index contributed by atoms with van der Waals surface area (Å²) >= 11 is 0. The minimum Gasteiger partial charge on any atom is -0.466 e. The van der Waals surface area contributed by atoms with Gasteiger partial charge in [0.15, 0.2) is 0 Å². The molecule has 2 unspecified atom stereocenters. The molecule has 0 radical (unpaired) electrons. The lowest BCUT2D eigenvalue weighted by molar-refractivity contribution is -0.147. The van der Waals surface area contributed by atoms with Gasteiger partial charge < -0.3 is 20.1 Å². The normalized spacial score (nSPS) is 13.9. The highest BCUT2D eigenvalue weighted by Crippen LogP contribution is 2.24. The average Bonchev–Trinajstić information content (AvgIpc) is 2.37. The van der Waals surface area contributed by atoms with Crippen LogP contribution in [0.25, 0.3) is 0 Å². The Bertz CT molecular complexity index is 435. The van der Waals surface area contributed by atoms with Crippen LogP contribution < -0.4 is 0 Å². The number of hydrogen-bond donors (Lipinski definition) is 3. The molecule has 0 saturated carbocycles. The van der Waals surface area contributed by atoms with Crippen LogP contribution in [0.5, 0.6) is 0 Å². The summed E-state index contributed by atoms with van der Waals surface area (Å²) in [5, 5.41) is 28.7. The van der Waals surface area contributed by atoms with Gasteiger partial charge in [0, 0.05) is 0 Å². The van der Waals surface area contributed by atoms with Gasteiger partial charge in [0.2, 0.25) is 0 Å². The molecule has 106 valence electrons. The van der Waals surface area contributed by atoms with E-state index in [-0.39, 0.29) is 17.7 Å². The maximum atomic E-state index is 13.1. The third-order valence-corrected chi connectivity index (χ3v) is 2.64. The molecule has 19 heavy (non-hydrogen) atoms. The smallest absolute Gasteiger partial charge is 0.308 e. The van der Waals surface area contributed by atoms with Crippen molar-refractivity contribution in [3.05, 3.63) is 35.1 Å². The van der Waals surface area contributed by atoms with Gasteiger partial charge in [-0.05, 0) is 30.2 Å². The van der Waals surface area contributed by atoms with Crippen LogP contribution in [0.2, 0.25) is 0 Å². The van der Waals surface area contributed by atoms with Gasteiger partial charge in [-0.3, -0.25) is 4.79 Å². The van der Waals surface area contributed by atoms with E-state index < -0.39 is 37.0 Å². The molecule has 2 atom stereocenters. The van der Waals surface area contributed by atoms with Crippen LogP contribution in [0.3, 0.4) is 0 Å². The van der Waals surface area contributed by atoms with E-state index in [0.717, 1.165) is 12.1 Å². The van der Waals surface area contributed by atoms with Crippen LogP contribution >= 0.6 is 0 Å². The van der Waals surface area contributed by atoms with Gasteiger partial charge in [0.05, 0.1) is 25.7 Å². The zero-order valence-corrected chi connectivity index (χ0v) is 10.5. The second kappa shape index (κ2) is 7.18. The Balaban J connectivity index is 2.83. The molecular formula is C13H17FO5. The third-order valence-electron chi connectivity index (χ3n) is 2.64. The lowest BCUT2D eigenvalue weighted by Gasteiger charge is -2.19. The maximum Gasteiger partial charge on any atom is 0.308 e. The first-order valence-electron chi connectivity index (χ1n) is 5.90. The first kappa shape index (κ1) is 15.6. The zero-order valence-electron chi connectivity index (χ0n) is 10.5. The molecule has 0 saturated heterocycles. The highest BCUT2D eigenvalue weighted by atomic mass is 19.1. The van der Waals surface area contributed by atoms with Gasteiger partial charge in [-0.15, -0.1) is 0 Å². The summed E-state index contributed by atoms with van der Waals surface area (Å²) < 4.78 is 17.8. The van der Waals surface area contributed by atoms with Crippen molar-refractivity contribution in [1.82, 2.24) is 0 Å². The summed E-state index contributed by atoms with van der Waals surface area (Å²) in [4.78, 5) is 11.2. The van der Waals surface area contributed by atoms with Crippen molar-refractivity contribution >= 4 is 5.97 Å². The second-order valence-electron chi connectivity index (χ2n) is 4.02. The SMILES string of the molecule is CCOC(=O)CC(O)C(O)c1cc(F)ccc1CO. The monoisotopic (exact) mass is 272 g/mol. The third kappa shape index (κ3) is 4.27. The Hall–Kier alpha value is -1.50. The van der Waals surface area contributed by atoms with Gasteiger partial charge in [-0.2, -0.15) is 0 Å². The molecule has 0 fully saturated rings. The number of rotatable bonds is 6. The van der Waals surface area contributed by atoms with Crippen LogP contribution in [-0.4, -0.2) is 34.0 Å². The molecule has 1 rings (SSSR count). The zero-order chi connectivity index (χ0) is 14.4. The fourth-order valence-corrected chi connectivity index (χ4v) is 1.69. The maximum absolute atomic E-state index is 13.1. The molecule has 0 aliphatic rings. The van der Waals surface area contributed by atoms with Crippen molar-refractivity contribution in [1.29, 1.82) is 0 Å². The van der Waals surface area contributed by atoms with Crippen LogP contribution in [-0.2, 0) is 16.1 Å². The molecule has 0 amide bonds. The molecule has 0 aromatic heterocycles. The lowest BCUT2D eigenvalue weighted by atomic mass is 9.97. The van der Waals surface area contributed by atoms with Gasteiger partial charge in [0.25, 0.3) is 0 Å². The Kier molecular flexibility index (Phi) is 5.88.